The molecule has 0 bridgehead atoms. The van der Waals surface area contributed by atoms with E-state index in [1.807, 2.05) is 32.0 Å². The molecule has 0 unspecified atom stereocenters. The van der Waals surface area contributed by atoms with E-state index in [9.17, 15) is 4.79 Å². The minimum Gasteiger partial charge on any atom is -0.497 e. The number of benzene rings is 2. The molecule has 0 aliphatic heterocycles. The fourth-order valence-corrected chi connectivity index (χ4v) is 3.18. The molecular weight excluding hydrogens is 406 g/mol. The first-order valence-electron chi connectivity index (χ1n) is 10.7. The number of methoxy groups -OCH3 is 1. The summed E-state index contributed by atoms with van der Waals surface area (Å²) in [5, 5.41) is 6.17. The second-order valence-corrected chi connectivity index (χ2v) is 6.91. The standard InChI is InChI=1S/C25H29N3O4/c1-4-31-22-13-8-18(17-23(22)32-5-2)14-16-27-24-21(7-6-15-26-24)25(29)28-19-9-11-20(30-3)12-10-19/h6-13,15,17H,4-5,14,16H2,1-3H3,(H,26,27)(H,28,29). The van der Waals surface area contributed by atoms with Crippen molar-refractivity contribution in [3.05, 3.63) is 71.9 Å². The molecule has 7 nitrogen and oxygen atoms in total. The number of nitrogens with zero attached hydrogens (tertiary/aromatic N) is 1. The topological polar surface area (TPSA) is 81.7 Å². The van der Waals surface area contributed by atoms with Crippen LogP contribution >= 0.6 is 0 Å². The smallest absolute Gasteiger partial charge is 0.259 e. The molecule has 3 rings (SSSR count). The van der Waals surface area contributed by atoms with Crippen LogP contribution in [-0.4, -0.2) is 37.8 Å². The highest BCUT2D eigenvalue weighted by atomic mass is 16.5. The zero-order valence-corrected chi connectivity index (χ0v) is 18.7. The summed E-state index contributed by atoms with van der Waals surface area (Å²) in [6.45, 7) is 5.66. The summed E-state index contributed by atoms with van der Waals surface area (Å²) in [6, 6.07) is 16.6. The van der Waals surface area contributed by atoms with Gasteiger partial charge in [0, 0.05) is 18.4 Å². The summed E-state index contributed by atoms with van der Waals surface area (Å²) in [7, 11) is 1.60. The van der Waals surface area contributed by atoms with E-state index in [1.165, 1.54) is 0 Å². The van der Waals surface area contributed by atoms with Gasteiger partial charge in [-0.2, -0.15) is 0 Å². The summed E-state index contributed by atoms with van der Waals surface area (Å²) in [6.07, 6.45) is 2.40. The maximum atomic E-state index is 12.8. The van der Waals surface area contributed by atoms with Crippen molar-refractivity contribution in [1.82, 2.24) is 4.98 Å². The number of carbonyl (C=O) groups is 1. The first kappa shape index (κ1) is 22.9. The highest BCUT2D eigenvalue weighted by Crippen LogP contribution is 2.28. The van der Waals surface area contributed by atoms with Crippen molar-refractivity contribution >= 4 is 17.4 Å². The van der Waals surface area contributed by atoms with Gasteiger partial charge in [0.15, 0.2) is 11.5 Å². The number of ether oxygens (including phenoxy) is 3. The van der Waals surface area contributed by atoms with Crippen LogP contribution in [-0.2, 0) is 6.42 Å². The van der Waals surface area contributed by atoms with Crippen LogP contribution in [0.15, 0.2) is 60.8 Å². The lowest BCUT2D eigenvalue weighted by atomic mass is 10.1. The van der Waals surface area contributed by atoms with E-state index in [0.29, 0.717) is 36.8 Å². The van der Waals surface area contributed by atoms with Crippen molar-refractivity contribution in [3.8, 4) is 17.2 Å². The molecule has 1 amide bonds. The highest BCUT2D eigenvalue weighted by molar-refractivity contribution is 6.07. The predicted octanol–water partition coefficient (Wildman–Crippen LogP) is 4.79. The van der Waals surface area contributed by atoms with Crippen molar-refractivity contribution < 1.29 is 19.0 Å². The third-order valence-electron chi connectivity index (χ3n) is 4.71. The zero-order valence-electron chi connectivity index (χ0n) is 18.7. The van der Waals surface area contributed by atoms with Crippen molar-refractivity contribution in [1.29, 1.82) is 0 Å². The number of carbonyl (C=O) groups excluding carboxylic acids is 1. The predicted molar refractivity (Wildman–Crippen MR) is 126 cm³/mol. The minimum atomic E-state index is -0.231. The molecule has 0 saturated carbocycles. The van der Waals surface area contributed by atoms with Gasteiger partial charge < -0.3 is 24.8 Å². The van der Waals surface area contributed by atoms with Crippen LogP contribution in [0.5, 0.6) is 17.2 Å². The monoisotopic (exact) mass is 435 g/mol. The summed E-state index contributed by atoms with van der Waals surface area (Å²) in [4.78, 5) is 17.1. The molecule has 0 saturated heterocycles. The lowest BCUT2D eigenvalue weighted by Crippen LogP contribution is -2.16. The van der Waals surface area contributed by atoms with Crippen molar-refractivity contribution in [2.24, 2.45) is 0 Å². The molecular formula is C25H29N3O4. The number of anilines is 2. The maximum absolute atomic E-state index is 12.8. The Morgan fingerprint density at radius 2 is 1.72 bits per heavy atom. The van der Waals surface area contributed by atoms with E-state index < -0.39 is 0 Å². The fourth-order valence-electron chi connectivity index (χ4n) is 3.18. The first-order valence-corrected chi connectivity index (χ1v) is 10.7. The molecule has 0 atom stereocenters. The Morgan fingerprint density at radius 3 is 2.44 bits per heavy atom. The molecule has 1 heterocycles. The third kappa shape index (κ3) is 6.14. The van der Waals surface area contributed by atoms with Gasteiger partial charge >= 0.3 is 0 Å². The number of hydrogen-bond donors (Lipinski definition) is 2. The molecule has 168 valence electrons. The van der Waals surface area contributed by atoms with E-state index >= 15 is 0 Å². The summed E-state index contributed by atoms with van der Waals surface area (Å²) < 4.78 is 16.5. The van der Waals surface area contributed by atoms with Crippen LogP contribution in [0.4, 0.5) is 11.5 Å². The van der Waals surface area contributed by atoms with Crippen LogP contribution in [0.3, 0.4) is 0 Å². The summed E-state index contributed by atoms with van der Waals surface area (Å²) >= 11 is 0. The molecule has 2 aromatic carbocycles. The largest absolute Gasteiger partial charge is 0.497 e. The van der Waals surface area contributed by atoms with Gasteiger partial charge in [0.2, 0.25) is 0 Å². The molecule has 32 heavy (non-hydrogen) atoms. The van der Waals surface area contributed by atoms with Crippen molar-refractivity contribution in [3.63, 3.8) is 0 Å². The Morgan fingerprint density at radius 1 is 0.969 bits per heavy atom. The molecule has 7 heteroatoms. The van der Waals surface area contributed by atoms with Gasteiger partial charge in [-0.15, -0.1) is 0 Å². The fraction of sp³-hybridized carbons (Fsp3) is 0.280. The average Bonchev–Trinajstić information content (AvgIpc) is 2.82. The molecule has 0 fully saturated rings. The minimum absolute atomic E-state index is 0.231. The molecule has 0 aliphatic carbocycles. The molecule has 1 aromatic heterocycles. The Labute approximate surface area is 188 Å². The summed E-state index contributed by atoms with van der Waals surface area (Å²) in [5.41, 5.74) is 2.26. The van der Waals surface area contributed by atoms with Crippen molar-refractivity contribution in [2.45, 2.75) is 20.3 Å². The second kappa shape index (κ2) is 11.6. The van der Waals surface area contributed by atoms with Gasteiger partial charge in [0.1, 0.15) is 11.6 Å². The molecule has 0 aliphatic rings. The van der Waals surface area contributed by atoms with Crippen LogP contribution in [0, 0.1) is 0 Å². The van der Waals surface area contributed by atoms with E-state index in [4.69, 9.17) is 14.2 Å². The number of hydrogen-bond acceptors (Lipinski definition) is 6. The number of pyridine rings is 1. The van der Waals surface area contributed by atoms with E-state index in [0.717, 1.165) is 29.2 Å². The second-order valence-electron chi connectivity index (χ2n) is 6.91. The van der Waals surface area contributed by atoms with Crippen molar-refractivity contribution in [2.75, 3.05) is 37.5 Å². The number of rotatable bonds is 11. The Balaban J connectivity index is 1.63. The van der Waals surface area contributed by atoms with Crippen LogP contribution in [0.25, 0.3) is 0 Å². The molecule has 3 aromatic rings. The van der Waals surface area contributed by atoms with Gasteiger partial charge in [0.25, 0.3) is 5.91 Å². The van der Waals surface area contributed by atoms with E-state index in [1.54, 1.807) is 49.7 Å². The van der Waals surface area contributed by atoms with Gasteiger partial charge in [-0.3, -0.25) is 4.79 Å². The zero-order chi connectivity index (χ0) is 22.8. The highest BCUT2D eigenvalue weighted by Gasteiger charge is 2.13. The summed E-state index contributed by atoms with van der Waals surface area (Å²) in [5.74, 6) is 2.52. The number of nitrogens with one attached hydrogen (secondary N) is 2. The quantitative estimate of drug-likeness (QED) is 0.451. The lowest BCUT2D eigenvalue weighted by molar-refractivity contribution is 0.102. The normalized spacial score (nSPS) is 10.3. The first-order chi connectivity index (χ1) is 15.6. The average molecular weight is 436 g/mol. The van der Waals surface area contributed by atoms with E-state index in [2.05, 4.69) is 15.6 Å². The third-order valence-corrected chi connectivity index (χ3v) is 4.71. The molecule has 0 spiro atoms. The van der Waals surface area contributed by atoms with Crippen LogP contribution in [0.1, 0.15) is 29.8 Å². The Kier molecular flexibility index (Phi) is 8.31. The molecule has 2 N–H and O–H groups in total. The van der Waals surface area contributed by atoms with Gasteiger partial charge in [-0.05, 0) is 74.4 Å². The maximum Gasteiger partial charge on any atom is 0.259 e. The number of aromatic nitrogens is 1. The molecule has 0 radical (unpaired) electrons. The lowest BCUT2D eigenvalue weighted by Gasteiger charge is -2.14. The van der Waals surface area contributed by atoms with Crippen LogP contribution in [0.2, 0.25) is 0 Å². The Hall–Kier alpha value is -3.74. The van der Waals surface area contributed by atoms with Crippen LogP contribution < -0.4 is 24.8 Å². The van der Waals surface area contributed by atoms with Gasteiger partial charge in [-0.1, -0.05) is 6.07 Å². The van der Waals surface area contributed by atoms with Gasteiger partial charge in [0.05, 0.1) is 25.9 Å². The number of amides is 1. The Bertz CT molecular complexity index is 1020. The van der Waals surface area contributed by atoms with E-state index in [-0.39, 0.29) is 5.91 Å². The van der Waals surface area contributed by atoms with Gasteiger partial charge in [-0.25, -0.2) is 4.98 Å². The SMILES string of the molecule is CCOc1ccc(CCNc2ncccc2C(=O)Nc2ccc(OC)cc2)cc1OCC.